The largest absolute Gasteiger partial charge is 0.444 e. The summed E-state index contributed by atoms with van der Waals surface area (Å²) in [5.41, 5.74) is 1.46. The van der Waals surface area contributed by atoms with E-state index in [-0.39, 0.29) is 31.3 Å². The zero-order chi connectivity index (χ0) is 19.3. The summed E-state index contributed by atoms with van der Waals surface area (Å²) in [7, 11) is 1.52. The van der Waals surface area contributed by atoms with Gasteiger partial charge in [0, 0.05) is 30.8 Å². The molecule has 0 aliphatic carbocycles. The first-order chi connectivity index (χ1) is 12.2. The molecule has 144 valence electrons. The SMILES string of the molecule is CON1C=CCc2ccc(F)c(CC(CO)CNC(=O)OC(C)(C)C)c21. The van der Waals surface area contributed by atoms with Gasteiger partial charge in [-0.3, -0.25) is 4.84 Å². The van der Waals surface area contributed by atoms with Crippen LogP contribution < -0.4 is 10.4 Å². The minimum Gasteiger partial charge on any atom is -0.444 e. The maximum absolute atomic E-state index is 14.5. The summed E-state index contributed by atoms with van der Waals surface area (Å²) in [6, 6.07) is 3.16. The molecule has 7 heteroatoms. The minimum absolute atomic E-state index is 0.178. The number of benzene rings is 1. The Kier molecular flexibility index (Phi) is 6.61. The Bertz CT molecular complexity index is 670. The summed E-state index contributed by atoms with van der Waals surface area (Å²) in [5, 5.41) is 13.8. The highest BCUT2D eigenvalue weighted by Crippen LogP contribution is 2.33. The lowest BCUT2D eigenvalue weighted by atomic mass is 9.93. The molecule has 0 bridgehead atoms. The Morgan fingerprint density at radius 3 is 2.77 bits per heavy atom. The molecule has 0 aromatic heterocycles. The van der Waals surface area contributed by atoms with Gasteiger partial charge >= 0.3 is 6.09 Å². The number of hydroxylamine groups is 1. The van der Waals surface area contributed by atoms with Crippen molar-refractivity contribution >= 4 is 11.8 Å². The predicted molar refractivity (Wildman–Crippen MR) is 97.2 cm³/mol. The predicted octanol–water partition coefficient (Wildman–Crippen LogP) is 2.94. The number of aliphatic hydroxyl groups excluding tert-OH is 1. The number of nitrogens with zero attached hydrogens (tertiary/aromatic N) is 1. The number of halogens is 1. The molecule has 0 fully saturated rings. The van der Waals surface area contributed by atoms with Gasteiger partial charge < -0.3 is 15.2 Å². The third-order valence-corrected chi connectivity index (χ3v) is 3.99. The van der Waals surface area contributed by atoms with Crippen molar-refractivity contribution in [2.24, 2.45) is 5.92 Å². The molecule has 1 aliphatic rings. The highest BCUT2D eigenvalue weighted by atomic mass is 19.1. The van der Waals surface area contributed by atoms with E-state index in [4.69, 9.17) is 9.57 Å². The van der Waals surface area contributed by atoms with Crippen molar-refractivity contribution in [1.29, 1.82) is 0 Å². The zero-order valence-corrected chi connectivity index (χ0v) is 15.7. The van der Waals surface area contributed by atoms with Crippen molar-refractivity contribution in [2.45, 2.75) is 39.2 Å². The van der Waals surface area contributed by atoms with Gasteiger partial charge in [0.1, 0.15) is 11.4 Å². The third-order valence-electron chi connectivity index (χ3n) is 3.99. The van der Waals surface area contributed by atoms with Crippen molar-refractivity contribution < 1.29 is 23.9 Å². The van der Waals surface area contributed by atoms with E-state index in [1.54, 1.807) is 33.0 Å². The molecule has 1 aromatic rings. The highest BCUT2D eigenvalue weighted by Gasteiger charge is 2.24. The number of anilines is 1. The van der Waals surface area contributed by atoms with Crippen LogP contribution in [-0.2, 0) is 22.4 Å². The smallest absolute Gasteiger partial charge is 0.407 e. The lowest BCUT2D eigenvalue weighted by Crippen LogP contribution is -2.36. The van der Waals surface area contributed by atoms with Crippen LogP contribution in [0.15, 0.2) is 24.4 Å². The first-order valence-electron chi connectivity index (χ1n) is 8.63. The van der Waals surface area contributed by atoms with E-state index in [1.165, 1.54) is 18.2 Å². The van der Waals surface area contributed by atoms with Gasteiger partial charge in [-0.1, -0.05) is 12.1 Å². The Morgan fingerprint density at radius 2 is 2.15 bits per heavy atom. The number of aliphatic hydroxyl groups is 1. The van der Waals surface area contributed by atoms with Crippen LogP contribution in [0, 0.1) is 11.7 Å². The fourth-order valence-corrected chi connectivity index (χ4v) is 2.83. The second kappa shape index (κ2) is 8.51. The molecule has 2 rings (SSSR count). The van der Waals surface area contributed by atoms with E-state index in [2.05, 4.69) is 5.32 Å². The molecule has 1 aliphatic heterocycles. The molecule has 6 nitrogen and oxygen atoms in total. The Labute approximate surface area is 153 Å². The number of alkyl carbamates (subject to hydrolysis) is 1. The molecule has 2 N–H and O–H groups in total. The first kappa shape index (κ1) is 20.2. The van der Waals surface area contributed by atoms with Crippen LogP contribution in [0.25, 0.3) is 0 Å². The number of carbonyl (C=O) groups excluding carboxylic acids is 1. The summed E-state index contributed by atoms with van der Waals surface area (Å²) in [6.07, 6.45) is 4.06. The van der Waals surface area contributed by atoms with Gasteiger partial charge in [-0.15, -0.1) is 0 Å². The Balaban J connectivity index is 2.12. The van der Waals surface area contributed by atoms with Crippen molar-refractivity contribution in [3.63, 3.8) is 0 Å². The van der Waals surface area contributed by atoms with Gasteiger partial charge in [0.25, 0.3) is 0 Å². The van der Waals surface area contributed by atoms with E-state index < -0.39 is 11.7 Å². The summed E-state index contributed by atoms with van der Waals surface area (Å²) in [5.74, 6) is -0.718. The highest BCUT2D eigenvalue weighted by molar-refractivity contribution is 5.67. The fraction of sp³-hybridized carbons (Fsp3) is 0.526. The van der Waals surface area contributed by atoms with Crippen LogP contribution in [-0.4, -0.2) is 37.1 Å². The molecule has 0 saturated carbocycles. The molecule has 26 heavy (non-hydrogen) atoms. The van der Waals surface area contributed by atoms with Gasteiger partial charge in [0.2, 0.25) is 0 Å². The molecule has 1 unspecified atom stereocenters. The lowest BCUT2D eigenvalue weighted by molar-refractivity contribution is 0.0512. The second-order valence-corrected chi connectivity index (χ2v) is 7.27. The number of carbonyl (C=O) groups is 1. The van der Waals surface area contributed by atoms with Crippen molar-refractivity contribution in [3.05, 3.63) is 41.4 Å². The topological polar surface area (TPSA) is 71.0 Å². The number of fused-ring (bicyclic) bond motifs is 1. The van der Waals surface area contributed by atoms with Crippen LogP contribution in [0.2, 0.25) is 0 Å². The number of amides is 1. The van der Waals surface area contributed by atoms with Gasteiger partial charge in [-0.05, 0) is 45.2 Å². The zero-order valence-electron chi connectivity index (χ0n) is 15.7. The number of rotatable bonds is 6. The van der Waals surface area contributed by atoms with E-state index in [0.29, 0.717) is 17.7 Å². The molecule has 0 radical (unpaired) electrons. The summed E-state index contributed by atoms with van der Waals surface area (Å²) >= 11 is 0. The maximum atomic E-state index is 14.5. The Hall–Kier alpha value is -2.12. The summed E-state index contributed by atoms with van der Waals surface area (Å²) in [6.45, 7) is 5.30. The number of hydrogen-bond acceptors (Lipinski definition) is 5. The molecule has 0 saturated heterocycles. The lowest BCUT2D eigenvalue weighted by Gasteiger charge is -2.28. The van der Waals surface area contributed by atoms with E-state index in [0.717, 1.165) is 5.56 Å². The van der Waals surface area contributed by atoms with Gasteiger partial charge in [0.15, 0.2) is 0 Å². The fourth-order valence-electron chi connectivity index (χ4n) is 2.83. The molecule has 1 aromatic carbocycles. The summed E-state index contributed by atoms with van der Waals surface area (Å²) in [4.78, 5) is 17.1. The number of ether oxygens (including phenoxy) is 1. The van der Waals surface area contributed by atoms with E-state index >= 15 is 0 Å². The van der Waals surface area contributed by atoms with Crippen LogP contribution in [0.3, 0.4) is 0 Å². The normalized spacial score (nSPS) is 14.8. The number of hydrogen-bond donors (Lipinski definition) is 2. The number of nitrogens with one attached hydrogen (secondary N) is 1. The quantitative estimate of drug-likeness (QED) is 0.810. The molecular formula is C19H27FN2O4. The van der Waals surface area contributed by atoms with Crippen molar-refractivity contribution in [1.82, 2.24) is 5.32 Å². The number of allylic oxidation sites excluding steroid dienone is 1. The standard InChI is InChI=1S/C19H27FN2O4/c1-19(2,3)26-18(24)21-11-13(12-23)10-15-16(20)8-7-14-6-5-9-22(25-4)17(14)15/h5,7-9,13,23H,6,10-12H2,1-4H3,(H,21,24). The molecule has 0 spiro atoms. The third kappa shape index (κ3) is 5.19. The molecule has 1 atom stereocenters. The van der Waals surface area contributed by atoms with E-state index in [9.17, 15) is 14.3 Å². The molecule has 1 amide bonds. The van der Waals surface area contributed by atoms with Crippen molar-refractivity contribution in [3.8, 4) is 0 Å². The monoisotopic (exact) mass is 366 g/mol. The molecular weight excluding hydrogens is 339 g/mol. The van der Waals surface area contributed by atoms with E-state index in [1.807, 2.05) is 6.08 Å². The van der Waals surface area contributed by atoms with Gasteiger partial charge in [-0.2, -0.15) is 0 Å². The van der Waals surface area contributed by atoms with Crippen LogP contribution in [0.1, 0.15) is 31.9 Å². The van der Waals surface area contributed by atoms with Crippen LogP contribution >= 0.6 is 0 Å². The first-order valence-corrected chi connectivity index (χ1v) is 8.63. The average molecular weight is 366 g/mol. The molecule has 1 heterocycles. The van der Waals surface area contributed by atoms with Crippen LogP contribution in [0.5, 0.6) is 0 Å². The second-order valence-electron chi connectivity index (χ2n) is 7.27. The average Bonchev–Trinajstić information content (AvgIpc) is 2.58. The Morgan fingerprint density at radius 1 is 1.42 bits per heavy atom. The minimum atomic E-state index is -0.602. The van der Waals surface area contributed by atoms with Gasteiger partial charge in [0.05, 0.1) is 12.8 Å². The summed E-state index contributed by atoms with van der Waals surface area (Å²) < 4.78 is 19.7. The van der Waals surface area contributed by atoms with Gasteiger partial charge in [-0.25, -0.2) is 14.2 Å². The van der Waals surface area contributed by atoms with Crippen LogP contribution in [0.4, 0.5) is 14.9 Å². The van der Waals surface area contributed by atoms with Crippen molar-refractivity contribution in [2.75, 3.05) is 25.3 Å². The maximum Gasteiger partial charge on any atom is 0.407 e.